The third kappa shape index (κ3) is 5.06. The van der Waals surface area contributed by atoms with Gasteiger partial charge in [-0.25, -0.2) is 0 Å². The van der Waals surface area contributed by atoms with E-state index in [4.69, 9.17) is 0 Å². The van der Waals surface area contributed by atoms with Crippen molar-refractivity contribution in [3.05, 3.63) is 199 Å². The van der Waals surface area contributed by atoms with Gasteiger partial charge < -0.3 is 4.90 Å². The quantitative estimate of drug-likeness (QED) is 0.171. The van der Waals surface area contributed by atoms with Crippen LogP contribution in [0.25, 0.3) is 75.1 Å². The minimum absolute atomic E-state index is 0.0980. The molecule has 1 nitrogen and oxygen atoms in total. The Morgan fingerprint density at radius 2 is 1.11 bits per heavy atom. The smallest absolute Gasteiger partial charge is 0.0543 e. The highest BCUT2D eigenvalue weighted by molar-refractivity contribution is 7.25. The van der Waals surface area contributed by atoms with Gasteiger partial charge >= 0.3 is 0 Å². The molecule has 0 amide bonds. The van der Waals surface area contributed by atoms with Crippen molar-refractivity contribution in [2.45, 2.75) is 19.3 Å². The van der Waals surface area contributed by atoms with Gasteiger partial charge in [-0.3, -0.25) is 0 Å². The Morgan fingerprint density at radius 1 is 0.400 bits per heavy atom. The van der Waals surface area contributed by atoms with E-state index in [1.807, 2.05) is 11.3 Å². The molecule has 260 valence electrons. The molecule has 0 saturated carbocycles. The average Bonchev–Trinajstić information content (AvgIpc) is 3.71. The molecular formula is C53H37NS. The third-order valence-corrected chi connectivity index (χ3v) is 13.0. The van der Waals surface area contributed by atoms with Gasteiger partial charge in [-0.2, -0.15) is 0 Å². The molecule has 0 aliphatic heterocycles. The largest absolute Gasteiger partial charge is 0.310 e. The highest BCUT2D eigenvalue weighted by Gasteiger charge is 2.37. The van der Waals surface area contributed by atoms with Gasteiger partial charge in [0, 0.05) is 42.5 Å². The zero-order chi connectivity index (χ0) is 36.7. The number of hydrogen-bond acceptors (Lipinski definition) is 2. The van der Waals surface area contributed by atoms with Crippen molar-refractivity contribution >= 4 is 70.1 Å². The normalized spacial score (nSPS) is 13.1. The lowest BCUT2D eigenvalue weighted by Gasteiger charge is -2.29. The molecule has 1 aliphatic carbocycles. The minimum atomic E-state index is -0.0980. The number of benzene rings is 9. The third-order valence-electron chi connectivity index (χ3n) is 11.8. The SMILES string of the molecule is CC1(C)c2ccccc2-c2c(N(c3ccc(-c4ccc5cc6sc7ccccc7c6cc5c4)cc3)c3cccc(-c4cccc5ccccc45)c3)cccc21. The molecule has 2 heteroatoms. The fourth-order valence-electron chi connectivity index (χ4n) is 9.09. The van der Waals surface area contributed by atoms with Gasteiger partial charge in [-0.15, -0.1) is 11.3 Å². The second-order valence-corrected chi connectivity index (χ2v) is 16.4. The van der Waals surface area contributed by atoms with E-state index in [1.165, 1.54) is 91.9 Å². The Labute approximate surface area is 325 Å². The van der Waals surface area contributed by atoms with Crippen molar-refractivity contribution < 1.29 is 0 Å². The summed E-state index contributed by atoms with van der Waals surface area (Å²) in [6, 6.07) is 69.7. The fraction of sp³-hybridized carbons (Fsp3) is 0.0566. The number of fused-ring (bicyclic) bond motifs is 8. The second kappa shape index (κ2) is 12.3. The molecule has 10 aromatic rings. The van der Waals surface area contributed by atoms with E-state index < -0.39 is 0 Å². The molecule has 9 aromatic carbocycles. The summed E-state index contributed by atoms with van der Waals surface area (Å²) in [6.07, 6.45) is 0. The molecular weight excluding hydrogens is 683 g/mol. The van der Waals surface area contributed by atoms with Crippen molar-refractivity contribution in [3.63, 3.8) is 0 Å². The lowest BCUT2D eigenvalue weighted by molar-refractivity contribution is 0.660. The fourth-order valence-corrected chi connectivity index (χ4v) is 10.2. The van der Waals surface area contributed by atoms with Gasteiger partial charge in [0.1, 0.15) is 0 Å². The number of hydrogen-bond donors (Lipinski definition) is 0. The summed E-state index contributed by atoms with van der Waals surface area (Å²) in [5.41, 5.74) is 13.6. The summed E-state index contributed by atoms with van der Waals surface area (Å²) >= 11 is 1.88. The van der Waals surface area contributed by atoms with Crippen LogP contribution in [0.1, 0.15) is 25.0 Å². The van der Waals surface area contributed by atoms with Crippen LogP contribution in [-0.4, -0.2) is 0 Å². The van der Waals surface area contributed by atoms with Gasteiger partial charge in [0.25, 0.3) is 0 Å². The van der Waals surface area contributed by atoms with E-state index in [9.17, 15) is 0 Å². The summed E-state index contributed by atoms with van der Waals surface area (Å²) in [4.78, 5) is 2.47. The Kier molecular flexibility index (Phi) is 7.14. The first-order chi connectivity index (χ1) is 27.0. The van der Waals surface area contributed by atoms with Crippen LogP contribution in [0.5, 0.6) is 0 Å². The molecule has 55 heavy (non-hydrogen) atoms. The molecule has 11 rings (SSSR count). The maximum Gasteiger partial charge on any atom is 0.0543 e. The van der Waals surface area contributed by atoms with Crippen molar-refractivity contribution in [2.24, 2.45) is 0 Å². The van der Waals surface area contributed by atoms with Crippen LogP contribution in [0.2, 0.25) is 0 Å². The van der Waals surface area contributed by atoms with Crippen LogP contribution < -0.4 is 4.90 Å². The summed E-state index contributed by atoms with van der Waals surface area (Å²) in [5.74, 6) is 0. The zero-order valence-electron chi connectivity index (χ0n) is 30.8. The topological polar surface area (TPSA) is 3.24 Å². The van der Waals surface area contributed by atoms with E-state index in [1.54, 1.807) is 0 Å². The van der Waals surface area contributed by atoms with Crippen LogP contribution in [0.3, 0.4) is 0 Å². The van der Waals surface area contributed by atoms with Crippen LogP contribution in [0.15, 0.2) is 188 Å². The maximum absolute atomic E-state index is 2.47. The first-order valence-corrected chi connectivity index (χ1v) is 19.9. The lowest BCUT2D eigenvalue weighted by Crippen LogP contribution is -2.16. The number of nitrogens with zero attached hydrogens (tertiary/aromatic N) is 1. The van der Waals surface area contributed by atoms with E-state index in [2.05, 4.69) is 207 Å². The summed E-state index contributed by atoms with van der Waals surface area (Å²) in [5, 5.41) is 7.73. The monoisotopic (exact) mass is 719 g/mol. The molecule has 0 fully saturated rings. The highest BCUT2D eigenvalue weighted by Crippen LogP contribution is 2.54. The van der Waals surface area contributed by atoms with Crippen molar-refractivity contribution in [2.75, 3.05) is 4.90 Å². The van der Waals surface area contributed by atoms with Gasteiger partial charge in [0.2, 0.25) is 0 Å². The number of rotatable bonds is 5. The molecule has 0 N–H and O–H groups in total. The molecule has 0 radical (unpaired) electrons. The van der Waals surface area contributed by atoms with Gasteiger partial charge in [0.05, 0.1) is 5.69 Å². The molecule has 0 unspecified atom stereocenters. The molecule has 1 aromatic heterocycles. The Hall–Kier alpha value is -6.48. The molecule has 0 atom stereocenters. The summed E-state index contributed by atoms with van der Waals surface area (Å²) in [6.45, 7) is 4.72. The molecule has 1 aliphatic rings. The first-order valence-electron chi connectivity index (χ1n) is 19.1. The highest BCUT2D eigenvalue weighted by atomic mass is 32.1. The van der Waals surface area contributed by atoms with Crippen LogP contribution in [0, 0.1) is 0 Å². The van der Waals surface area contributed by atoms with E-state index >= 15 is 0 Å². The minimum Gasteiger partial charge on any atom is -0.310 e. The standard InChI is InChI=1S/C53H37NS/c1-53(2)47-20-7-5-18-45(47)52-48(53)21-11-22-49(52)54(41-15-9-14-38(31-41)43-19-10-13-35-12-3-4-16-42(35)43)40-28-26-34(27-29-40)36-24-25-37-33-51-46(32-39(37)30-36)44-17-6-8-23-50(44)55-51/h3-33H,1-2H3. The maximum atomic E-state index is 2.47. The average molecular weight is 720 g/mol. The van der Waals surface area contributed by atoms with E-state index in [-0.39, 0.29) is 5.41 Å². The second-order valence-electron chi connectivity index (χ2n) is 15.3. The first kappa shape index (κ1) is 32.0. The van der Waals surface area contributed by atoms with Crippen molar-refractivity contribution in [1.29, 1.82) is 0 Å². The molecule has 0 bridgehead atoms. The van der Waals surface area contributed by atoms with Gasteiger partial charge in [-0.05, 0) is 115 Å². The Bertz CT molecular complexity index is 3120. The number of thiophene rings is 1. The zero-order valence-corrected chi connectivity index (χ0v) is 31.6. The van der Waals surface area contributed by atoms with E-state index in [0.29, 0.717) is 0 Å². The predicted molar refractivity (Wildman–Crippen MR) is 237 cm³/mol. The van der Waals surface area contributed by atoms with Gasteiger partial charge in [-0.1, -0.05) is 147 Å². The molecule has 1 heterocycles. The van der Waals surface area contributed by atoms with Crippen LogP contribution in [0.4, 0.5) is 17.1 Å². The van der Waals surface area contributed by atoms with Crippen LogP contribution >= 0.6 is 11.3 Å². The Morgan fingerprint density at radius 3 is 2.02 bits per heavy atom. The van der Waals surface area contributed by atoms with Crippen LogP contribution in [-0.2, 0) is 5.41 Å². The summed E-state index contributed by atoms with van der Waals surface area (Å²) < 4.78 is 2.68. The predicted octanol–water partition coefficient (Wildman–Crippen LogP) is 15.5. The number of anilines is 3. The lowest BCUT2D eigenvalue weighted by atomic mass is 9.82. The van der Waals surface area contributed by atoms with Crippen molar-refractivity contribution in [3.8, 4) is 33.4 Å². The molecule has 0 spiro atoms. The molecule has 0 saturated heterocycles. The van der Waals surface area contributed by atoms with E-state index in [0.717, 1.165) is 11.4 Å². The van der Waals surface area contributed by atoms with Gasteiger partial charge in [0.15, 0.2) is 0 Å². The Balaban J connectivity index is 1.06. The summed E-state index contributed by atoms with van der Waals surface area (Å²) in [7, 11) is 0. The van der Waals surface area contributed by atoms with Crippen molar-refractivity contribution in [1.82, 2.24) is 0 Å².